The SMILES string of the molecule is CCCCO[Si](CC[Si](OCCCC)(OCCCC)OCCCC)(OCCCC)OCCCC. The van der Waals surface area contributed by atoms with Crippen molar-refractivity contribution in [2.24, 2.45) is 0 Å². The molecule has 0 aliphatic carbocycles. The van der Waals surface area contributed by atoms with E-state index in [9.17, 15) is 0 Å². The summed E-state index contributed by atoms with van der Waals surface area (Å²) in [6.07, 6.45) is 12.6. The highest BCUT2D eigenvalue weighted by molar-refractivity contribution is 6.66. The van der Waals surface area contributed by atoms with E-state index in [4.69, 9.17) is 26.6 Å². The van der Waals surface area contributed by atoms with Gasteiger partial charge in [-0.2, -0.15) is 0 Å². The summed E-state index contributed by atoms with van der Waals surface area (Å²) >= 11 is 0. The minimum Gasteiger partial charge on any atom is -0.373 e. The van der Waals surface area contributed by atoms with Crippen LogP contribution >= 0.6 is 0 Å². The third-order valence-electron chi connectivity index (χ3n) is 5.66. The topological polar surface area (TPSA) is 55.4 Å². The Kier molecular flexibility index (Phi) is 23.7. The van der Waals surface area contributed by atoms with E-state index in [1.54, 1.807) is 0 Å². The minimum absolute atomic E-state index is 0.680. The standard InChI is InChI=1S/C26H58O6Si2/c1-7-13-19-27-33(28-20-14-8-2,29-21-15-9-3)25-26-34(30-22-16-10-4,31-23-17-11-5)32-24-18-12-6/h7-26H2,1-6H3. The van der Waals surface area contributed by atoms with Crippen molar-refractivity contribution in [1.82, 2.24) is 0 Å². The maximum atomic E-state index is 6.49. The van der Waals surface area contributed by atoms with Gasteiger partial charge in [-0.25, -0.2) is 0 Å². The molecule has 0 aromatic heterocycles. The fourth-order valence-corrected chi connectivity index (χ4v) is 9.77. The maximum absolute atomic E-state index is 6.49. The first-order valence-electron chi connectivity index (χ1n) is 14.4. The van der Waals surface area contributed by atoms with E-state index in [-0.39, 0.29) is 0 Å². The molecule has 0 rings (SSSR count). The molecule has 0 aromatic rings. The Morgan fingerprint density at radius 3 is 0.647 bits per heavy atom. The van der Waals surface area contributed by atoms with Gasteiger partial charge in [-0.1, -0.05) is 80.1 Å². The first-order chi connectivity index (χ1) is 16.6. The number of rotatable bonds is 27. The van der Waals surface area contributed by atoms with Crippen LogP contribution < -0.4 is 0 Å². The molecule has 6 nitrogen and oxygen atoms in total. The lowest BCUT2D eigenvalue weighted by Gasteiger charge is -2.34. The molecule has 0 aliphatic heterocycles. The van der Waals surface area contributed by atoms with Gasteiger partial charge in [-0.05, 0) is 38.5 Å². The lowest BCUT2D eigenvalue weighted by molar-refractivity contribution is 0.0441. The fraction of sp³-hybridized carbons (Fsp3) is 1.00. The largest absolute Gasteiger partial charge is 0.500 e. The molecule has 0 saturated carbocycles. The Morgan fingerprint density at radius 2 is 0.500 bits per heavy atom. The molecule has 0 atom stereocenters. The molecule has 0 aromatic carbocycles. The number of unbranched alkanes of at least 4 members (excludes halogenated alkanes) is 6. The van der Waals surface area contributed by atoms with Crippen LogP contribution in [0.4, 0.5) is 0 Å². The van der Waals surface area contributed by atoms with Crippen LogP contribution in [0.25, 0.3) is 0 Å². The zero-order chi connectivity index (χ0) is 25.4. The summed E-state index contributed by atoms with van der Waals surface area (Å²) in [4.78, 5) is 0. The molecule has 0 bridgehead atoms. The van der Waals surface area contributed by atoms with Crippen molar-refractivity contribution in [3.8, 4) is 0 Å². The molecule has 0 aliphatic rings. The molecule has 0 heterocycles. The zero-order valence-electron chi connectivity index (χ0n) is 23.6. The zero-order valence-corrected chi connectivity index (χ0v) is 25.6. The Hall–Kier alpha value is 0.194. The third kappa shape index (κ3) is 16.8. The van der Waals surface area contributed by atoms with Gasteiger partial charge in [-0.15, -0.1) is 0 Å². The van der Waals surface area contributed by atoms with Gasteiger partial charge in [-0.3, -0.25) is 0 Å². The lowest BCUT2D eigenvalue weighted by atomic mass is 10.4. The van der Waals surface area contributed by atoms with Crippen LogP contribution in [0.1, 0.15) is 119 Å². The lowest BCUT2D eigenvalue weighted by Crippen LogP contribution is -2.52. The predicted octanol–water partition coefficient (Wildman–Crippen LogP) is 7.76. The van der Waals surface area contributed by atoms with Crippen LogP contribution in [0.3, 0.4) is 0 Å². The first-order valence-corrected chi connectivity index (χ1v) is 18.3. The highest BCUT2D eigenvalue weighted by Crippen LogP contribution is 2.28. The summed E-state index contributed by atoms with van der Waals surface area (Å²) in [5, 5.41) is 0. The second kappa shape index (κ2) is 23.6. The van der Waals surface area contributed by atoms with Crippen molar-refractivity contribution in [1.29, 1.82) is 0 Å². The van der Waals surface area contributed by atoms with Gasteiger partial charge in [0, 0.05) is 51.7 Å². The van der Waals surface area contributed by atoms with Gasteiger partial charge in [0.05, 0.1) is 0 Å². The molecule has 0 fully saturated rings. The summed E-state index contributed by atoms with van der Waals surface area (Å²) in [7, 11) is -5.73. The van der Waals surface area contributed by atoms with E-state index < -0.39 is 17.6 Å². The maximum Gasteiger partial charge on any atom is 0.500 e. The summed E-state index contributed by atoms with van der Waals surface area (Å²) in [5.41, 5.74) is 0. The van der Waals surface area contributed by atoms with E-state index >= 15 is 0 Å². The van der Waals surface area contributed by atoms with Gasteiger partial charge in [0.25, 0.3) is 0 Å². The van der Waals surface area contributed by atoms with Crippen LogP contribution in [0.15, 0.2) is 0 Å². The Bertz CT molecular complexity index is 337. The van der Waals surface area contributed by atoms with E-state index in [1.165, 1.54) is 0 Å². The molecule has 0 saturated heterocycles. The van der Waals surface area contributed by atoms with Gasteiger partial charge in [0.2, 0.25) is 0 Å². The fourth-order valence-electron chi connectivity index (χ4n) is 3.22. The van der Waals surface area contributed by atoms with Crippen LogP contribution in [0.5, 0.6) is 0 Å². The third-order valence-corrected chi connectivity index (χ3v) is 11.7. The molecule has 0 amide bonds. The van der Waals surface area contributed by atoms with E-state index in [0.717, 1.165) is 77.0 Å². The highest BCUT2D eigenvalue weighted by Gasteiger charge is 2.49. The summed E-state index contributed by atoms with van der Waals surface area (Å²) in [5.74, 6) is 0. The molecule has 34 heavy (non-hydrogen) atoms. The van der Waals surface area contributed by atoms with Crippen molar-refractivity contribution >= 4 is 17.6 Å². The molecule has 0 spiro atoms. The first kappa shape index (κ1) is 34.2. The molecular formula is C26H58O6Si2. The second-order valence-corrected chi connectivity index (χ2v) is 14.5. The van der Waals surface area contributed by atoms with Crippen molar-refractivity contribution in [2.75, 3.05) is 39.6 Å². The average Bonchev–Trinajstić information content (AvgIpc) is 2.83. The van der Waals surface area contributed by atoms with Gasteiger partial charge >= 0.3 is 17.6 Å². The van der Waals surface area contributed by atoms with Crippen molar-refractivity contribution in [3.63, 3.8) is 0 Å². The summed E-state index contributed by atoms with van der Waals surface area (Å²) in [6, 6.07) is 1.39. The second-order valence-electron chi connectivity index (χ2n) is 9.08. The van der Waals surface area contributed by atoms with Crippen molar-refractivity contribution in [3.05, 3.63) is 0 Å². The average molecular weight is 523 g/mol. The number of hydrogen-bond donors (Lipinski definition) is 0. The van der Waals surface area contributed by atoms with E-state index in [1.807, 2.05) is 0 Å². The number of hydrogen-bond acceptors (Lipinski definition) is 6. The minimum atomic E-state index is -2.86. The molecular weight excluding hydrogens is 464 g/mol. The van der Waals surface area contributed by atoms with E-state index in [2.05, 4.69) is 41.5 Å². The molecule has 206 valence electrons. The monoisotopic (exact) mass is 522 g/mol. The van der Waals surface area contributed by atoms with Crippen LogP contribution in [-0.4, -0.2) is 57.3 Å². The normalized spacial score (nSPS) is 12.5. The van der Waals surface area contributed by atoms with Crippen molar-refractivity contribution in [2.45, 2.75) is 131 Å². The Labute approximate surface area is 214 Å². The summed E-state index contributed by atoms with van der Waals surface area (Å²) in [6.45, 7) is 17.2. The molecule has 0 radical (unpaired) electrons. The highest BCUT2D eigenvalue weighted by atomic mass is 28.4. The molecule has 8 heteroatoms. The van der Waals surface area contributed by atoms with Crippen LogP contribution in [0.2, 0.25) is 12.1 Å². The Balaban J connectivity index is 5.69. The quantitative estimate of drug-likeness (QED) is 0.0811. The summed E-state index contributed by atoms with van der Waals surface area (Å²) < 4.78 is 38.9. The van der Waals surface area contributed by atoms with Gasteiger partial charge < -0.3 is 26.6 Å². The van der Waals surface area contributed by atoms with Gasteiger partial charge in [0.1, 0.15) is 0 Å². The van der Waals surface area contributed by atoms with Crippen LogP contribution in [0, 0.1) is 0 Å². The molecule has 0 unspecified atom stereocenters. The molecule has 0 N–H and O–H groups in total. The predicted molar refractivity (Wildman–Crippen MR) is 146 cm³/mol. The Morgan fingerprint density at radius 1 is 0.324 bits per heavy atom. The van der Waals surface area contributed by atoms with E-state index in [0.29, 0.717) is 51.7 Å². The van der Waals surface area contributed by atoms with Crippen LogP contribution in [-0.2, 0) is 26.6 Å². The van der Waals surface area contributed by atoms with Gasteiger partial charge in [0.15, 0.2) is 0 Å². The smallest absolute Gasteiger partial charge is 0.373 e. The van der Waals surface area contributed by atoms with Crippen molar-refractivity contribution < 1.29 is 26.6 Å².